The Kier molecular flexibility index (Phi) is 7.26. The Labute approximate surface area is 171 Å². The van der Waals surface area contributed by atoms with Gasteiger partial charge in [-0.2, -0.15) is 0 Å². The summed E-state index contributed by atoms with van der Waals surface area (Å²) in [6.45, 7) is 3.57. The van der Waals surface area contributed by atoms with E-state index in [1.165, 1.54) is 6.07 Å². The maximum atomic E-state index is 12.5. The van der Waals surface area contributed by atoms with Crippen LogP contribution in [0.5, 0.6) is 0 Å². The zero-order valence-corrected chi connectivity index (χ0v) is 18.1. The van der Waals surface area contributed by atoms with E-state index in [4.69, 9.17) is 0 Å². The minimum atomic E-state index is -3.44. The number of sulfonamides is 2. The molecule has 0 aliphatic rings. The predicted octanol–water partition coefficient (Wildman–Crippen LogP) is 2.70. The number of amides is 1. The van der Waals surface area contributed by atoms with Crippen molar-refractivity contribution in [3.05, 3.63) is 59.7 Å². The molecule has 10 heteroatoms. The minimum Gasteiger partial charge on any atom is -0.346 e. The second kappa shape index (κ2) is 9.27. The Hall–Kier alpha value is -2.59. The number of carbonyl (C=O) groups excluding carboxylic acids is 1. The van der Waals surface area contributed by atoms with E-state index >= 15 is 0 Å². The van der Waals surface area contributed by atoms with Crippen molar-refractivity contribution < 1.29 is 21.6 Å². The third kappa shape index (κ3) is 7.39. The maximum absolute atomic E-state index is 12.5. The van der Waals surface area contributed by atoms with Gasteiger partial charge in [-0.25, -0.2) is 16.8 Å². The molecule has 0 heterocycles. The average Bonchev–Trinajstić information content (AvgIpc) is 2.60. The molecule has 0 saturated heterocycles. The number of benzene rings is 2. The highest BCUT2D eigenvalue weighted by molar-refractivity contribution is 7.92. The van der Waals surface area contributed by atoms with Crippen molar-refractivity contribution >= 4 is 37.3 Å². The lowest BCUT2D eigenvalue weighted by molar-refractivity contribution is 0.0940. The van der Waals surface area contributed by atoms with Crippen molar-refractivity contribution in [1.82, 2.24) is 5.32 Å². The number of carbonyl (C=O) groups is 1. The van der Waals surface area contributed by atoms with Crippen LogP contribution in [0.3, 0.4) is 0 Å². The van der Waals surface area contributed by atoms with Crippen molar-refractivity contribution in [3.63, 3.8) is 0 Å². The summed E-state index contributed by atoms with van der Waals surface area (Å²) in [6.07, 6.45) is 1.56. The van der Waals surface area contributed by atoms with E-state index < -0.39 is 20.0 Å². The molecule has 3 N–H and O–H groups in total. The standard InChI is InChI=1S/C19H25N3O5S2/c1-4-12-29(26,27)22-18-7-5-6-16(13-18)19(23)20-14(2)15-8-10-17(11-9-15)21-28(3,24)25/h5-11,13-14,21-22H,4,12H2,1-3H3,(H,20,23). The van der Waals surface area contributed by atoms with E-state index in [2.05, 4.69) is 14.8 Å². The molecule has 0 saturated carbocycles. The first-order valence-corrected chi connectivity index (χ1v) is 12.5. The minimum absolute atomic E-state index is 0.00461. The summed E-state index contributed by atoms with van der Waals surface area (Å²) in [4.78, 5) is 12.5. The van der Waals surface area contributed by atoms with Crippen LogP contribution in [0.2, 0.25) is 0 Å². The number of rotatable bonds is 9. The van der Waals surface area contributed by atoms with Crippen LogP contribution in [0, 0.1) is 0 Å². The van der Waals surface area contributed by atoms with Crippen LogP contribution in [0.1, 0.15) is 42.2 Å². The van der Waals surface area contributed by atoms with E-state index in [0.717, 1.165) is 11.8 Å². The van der Waals surface area contributed by atoms with Gasteiger partial charge in [0, 0.05) is 16.9 Å². The SMILES string of the molecule is CCCS(=O)(=O)Nc1cccc(C(=O)NC(C)c2ccc(NS(C)(=O)=O)cc2)c1. The molecular formula is C19H25N3O5S2. The van der Waals surface area contributed by atoms with Gasteiger partial charge in [-0.05, 0) is 49.2 Å². The zero-order valence-electron chi connectivity index (χ0n) is 16.5. The Morgan fingerprint density at radius 2 is 1.62 bits per heavy atom. The number of hydrogen-bond donors (Lipinski definition) is 3. The summed E-state index contributed by atoms with van der Waals surface area (Å²) in [5.41, 5.74) is 1.87. The van der Waals surface area contributed by atoms with Crippen molar-refractivity contribution in [2.24, 2.45) is 0 Å². The third-order valence-electron chi connectivity index (χ3n) is 3.93. The quantitative estimate of drug-likeness (QED) is 0.555. The molecule has 0 aliphatic heterocycles. The summed E-state index contributed by atoms with van der Waals surface area (Å²) in [5, 5.41) is 2.84. The second-order valence-electron chi connectivity index (χ2n) is 6.69. The van der Waals surface area contributed by atoms with Gasteiger partial charge < -0.3 is 5.32 Å². The van der Waals surface area contributed by atoms with E-state index in [9.17, 15) is 21.6 Å². The van der Waals surface area contributed by atoms with Crippen molar-refractivity contribution in [3.8, 4) is 0 Å². The van der Waals surface area contributed by atoms with Gasteiger partial charge in [0.25, 0.3) is 5.91 Å². The normalized spacial score (nSPS) is 12.8. The fraction of sp³-hybridized carbons (Fsp3) is 0.316. The predicted molar refractivity (Wildman–Crippen MR) is 115 cm³/mol. The van der Waals surface area contributed by atoms with Gasteiger partial charge >= 0.3 is 0 Å². The van der Waals surface area contributed by atoms with Gasteiger partial charge in [0.1, 0.15) is 0 Å². The van der Waals surface area contributed by atoms with Crippen LogP contribution in [0.25, 0.3) is 0 Å². The van der Waals surface area contributed by atoms with Crippen LogP contribution in [0.4, 0.5) is 11.4 Å². The fourth-order valence-electron chi connectivity index (χ4n) is 2.64. The molecule has 0 aliphatic carbocycles. The molecule has 8 nitrogen and oxygen atoms in total. The van der Waals surface area contributed by atoms with Crippen LogP contribution in [-0.2, 0) is 20.0 Å². The summed E-state index contributed by atoms with van der Waals surface area (Å²) in [5.74, 6) is -0.350. The summed E-state index contributed by atoms with van der Waals surface area (Å²) in [6, 6.07) is 12.6. The van der Waals surface area contributed by atoms with Crippen molar-refractivity contribution in [2.75, 3.05) is 21.5 Å². The van der Waals surface area contributed by atoms with Crippen molar-refractivity contribution in [1.29, 1.82) is 0 Å². The topological polar surface area (TPSA) is 121 Å². The molecule has 29 heavy (non-hydrogen) atoms. The molecule has 158 valence electrons. The fourth-order valence-corrected chi connectivity index (χ4v) is 4.33. The van der Waals surface area contributed by atoms with Crippen LogP contribution >= 0.6 is 0 Å². The largest absolute Gasteiger partial charge is 0.346 e. The molecule has 2 aromatic rings. The number of anilines is 2. The second-order valence-corrected chi connectivity index (χ2v) is 10.3. The first-order chi connectivity index (χ1) is 13.5. The molecular weight excluding hydrogens is 414 g/mol. The molecule has 1 unspecified atom stereocenters. The molecule has 0 bridgehead atoms. The van der Waals surface area contributed by atoms with Gasteiger partial charge in [-0.3, -0.25) is 14.2 Å². The number of nitrogens with one attached hydrogen (secondary N) is 3. The molecule has 1 atom stereocenters. The molecule has 2 aromatic carbocycles. The molecule has 2 rings (SSSR count). The highest BCUT2D eigenvalue weighted by Crippen LogP contribution is 2.18. The lowest BCUT2D eigenvalue weighted by atomic mass is 10.1. The molecule has 0 radical (unpaired) electrons. The lowest BCUT2D eigenvalue weighted by Gasteiger charge is -2.16. The average molecular weight is 440 g/mol. The summed E-state index contributed by atoms with van der Waals surface area (Å²) < 4.78 is 51.2. The highest BCUT2D eigenvalue weighted by atomic mass is 32.2. The highest BCUT2D eigenvalue weighted by Gasteiger charge is 2.14. The van der Waals surface area contributed by atoms with Gasteiger partial charge in [-0.15, -0.1) is 0 Å². The number of hydrogen-bond acceptors (Lipinski definition) is 5. The van der Waals surface area contributed by atoms with Crippen LogP contribution in [0.15, 0.2) is 48.5 Å². The van der Waals surface area contributed by atoms with Crippen LogP contribution < -0.4 is 14.8 Å². The van der Waals surface area contributed by atoms with Gasteiger partial charge in [0.15, 0.2) is 0 Å². The zero-order chi connectivity index (χ0) is 21.7. The first-order valence-electron chi connectivity index (χ1n) is 8.98. The summed E-state index contributed by atoms with van der Waals surface area (Å²) >= 11 is 0. The lowest BCUT2D eigenvalue weighted by Crippen LogP contribution is -2.26. The Morgan fingerprint density at radius 3 is 2.21 bits per heavy atom. The van der Waals surface area contributed by atoms with Gasteiger partial charge in [0.2, 0.25) is 20.0 Å². The Morgan fingerprint density at radius 1 is 0.966 bits per heavy atom. The van der Waals surface area contributed by atoms with Gasteiger partial charge in [0.05, 0.1) is 18.1 Å². The monoisotopic (exact) mass is 439 g/mol. The molecule has 1 amide bonds. The maximum Gasteiger partial charge on any atom is 0.251 e. The Balaban J connectivity index is 2.07. The third-order valence-corrected chi connectivity index (χ3v) is 6.03. The van der Waals surface area contributed by atoms with Gasteiger partial charge in [-0.1, -0.05) is 25.1 Å². The first kappa shape index (κ1) is 22.7. The summed E-state index contributed by atoms with van der Waals surface area (Å²) in [7, 11) is -6.80. The van der Waals surface area contributed by atoms with Crippen molar-refractivity contribution in [2.45, 2.75) is 26.3 Å². The van der Waals surface area contributed by atoms with E-state index in [1.54, 1.807) is 56.3 Å². The molecule has 0 aromatic heterocycles. The Bertz CT molecular complexity index is 1070. The molecule has 0 fully saturated rings. The smallest absolute Gasteiger partial charge is 0.251 e. The van der Waals surface area contributed by atoms with E-state index in [0.29, 0.717) is 23.4 Å². The van der Waals surface area contributed by atoms with E-state index in [1.807, 2.05) is 0 Å². The van der Waals surface area contributed by atoms with E-state index in [-0.39, 0.29) is 17.7 Å². The van der Waals surface area contributed by atoms with Crippen LogP contribution in [-0.4, -0.2) is 34.8 Å². The molecule has 0 spiro atoms.